The van der Waals surface area contributed by atoms with E-state index in [9.17, 15) is 0 Å². The molecule has 0 aromatic heterocycles. The van der Waals surface area contributed by atoms with Crippen LogP contribution in [0.15, 0.2) is 55.1 Å². The van der Waals surface area contributed by atoms with Crippen LogP contribution in [0.4, 0.5) is 0 Å². The number of rotatable bonds is 12. The Morgan fingerprint density at radius 1 is 0.879 bits per heavy atom. The molecule has 0 bridgehead atoms. The molecule has 0 saturated carbocycles. The molecule has 0 unspecified atom stereocenters. The standard InChI is InChI=1S/C27H37N5O/c1-20(22-6-8-23(9-7-22)26(28)29)4-2-16-32-17-14-21(15-18-32)5-3-19-33-25-12-10-24(11-13-25)27(30)31/h6-13,21H,1-5,14-19H2,(H3,28,29)(H3,30,31). The third kappa shape index (κ3) is 7.75. The molecular weight excluding hydrogens is 410 g/mol. The van der Waals surface area contributed by atoms with Gasteiger partial charge in [0, 0.05) is 11.1 Å². The van der Waals surface area contributed by atoms with E-state index in [1.54, 1.807) is 0 Å². The second-order valence-corrected chi connectivity index (χ2v) is 8.91. The van der Waals surface area contributed by atoms with Crippen LogP contribution in [0.25, 0.3) is 5.57 Å². The maximum absolute atomic E-state index is 7.49. The summed E-state index contributed by atoms with van der Waals surface area (Å²) in [5.74, 6) is 1.81. The molecule has 1 heterocycles. The minimum Gasteiger partial charge on any atom is -0.494 e. The molecular formula is C27H37N5O. The summed E-state index contributed by atoms with van der Waals surface area (Å²) >= 11 is 0. The van der Waals surface area contributed by atoms with Gasteiger partial charge in [0.15, 0.2) is 0 Å². The van der Waals surface area contributed by atoms with Crippen LogP contribution in [0.1, 0.15) is 55.2 Å². The van der Waals surface area contributed by atoms with E-state index in [0.717, 1.165) is 66.3 Å². The normalized spacial score (nSPS) is 14.7. The highest BCUT2D eigenvalue weighted by Crippen LogP contribution is 2.24. The highest BCUT2D eigenvalue weighted by molar-refractivity contribution is 5.95. The van der Waals surface area contributed by atoms with Crippen molar-refractivity contribution in [2.45, 2.75) is 38.5 Å². The topological polar surface area (TPSA) is 112 Å². The fraction of sp³-hybridized carbons (Fsp3) is 0.407. The predicted octanol–water partition coefficient (Wildman–Crippen LogP) is 4.62. The van der Waals surface area contributed by atoms with Gasteiger partial charge in [-0.3, -0.25) is 10.8 Å². The molecule has 0 atom stereocenters. The second kappa shape index (κ2) is 12.2. The summed E-state index contributed by atoms with van der Waals surface area (Å²) in [6, 6.07) is 15.2. The zero-order valence-electron chi connectivity index (χ0n) is 19.5. The number of nitrogen functional groups attached to an aromatic ring is 2. The van der Waals surface area contributed by atoms with E-state index in [-0.39, 0.29) is 11.7 Å². The van der Waals surface area contributed by atoms with Crippen LogP contribution in [0.2, 0.25) is 0 Å². The highest BCUT2D eigenvalue weighted by atomic mass is 16.5. The van der Waals surface area contributed by atoms with E-state index in [0.29, 0.717) is 0 Å². The molecule has 33 heavy (non-hydrogen) atoms. The van der Waals surface area contributed by atoms with E-state index in [1.807, 2.05) is 48.5 Å². The number of nitrogens with two attached hydrogens (primary N) is 2. The molecule has 0 amide bonds. The first-order valence-electron chi connectivity index (χ1n) is 11.8. The van der Waals surface area contributed by atoms with E-state index < -0.39 is 0 Å². The summed E-state index contributed by atoms with van der Waals surface area (Å²) in [5.41, 5.74) is 14.8. The van der Waals surface area contributed by atoms with Crippen LogP contribution in [-0.4, -0.2) is 42.8 Å². The summed E-state index contributed by atoms with van der Waals surface area (Å²) in [6.07, 6.45) is 6.92. The SMILES string of the molecule is C=C(CCCN1CCC(CCCOc2ccc(C(=N)N)cc2)CC1)c1ccc(C(=N)N)cc1. The van der Waals surface area contributed by atoms with Crippen molar-refractivity contribution in [3.05, 3.63) is 71.8 Å². The van der Waals surface area contributed by atoms with Crippen LogP contribution in [0, 0.1) is 16.7 Å². The Kier molecular flexibility index (Phi) is 9.07. The van der Waals surface area contributed by atoms with Crippen LogP contribution in [0.3, 0.4) is 0 Å². The minimum atomic E-state index is 0.0817. The van der Waals surface area contributed by atoms with Gasteiger partial charge in [0.1, 0.15) is 17.4 Å². The molecule has 6 N–H and O–H groups in total. The number of ether oxygens (including phenoxy) is 1. The minimum absolute atomic E-state index is 0.0817. The van der Waals surface area contributed by atoms with Crippen molar-refractivity contribution in [2.75, 3.05) is 26.2 Å². The molecule has 1 aliphatic rings. The average molecular weight is 448 g/mol. The number of benzene rings is 2. The van der Waals surface area contributed by atoms with Gasteiger partial charge in [-0.2, -0.15) is 0 Å². The molecule has 0 radical (unpaired) electrons. The molecule has 0 aliphatic carbocycles. The summed E-state index contributed by atoms with van der Waals surface area (Å²) in [7, 11) is 0. The van der Waals surface area contributed by atoms with Crippen molar-refractivity contribution < 1.29 is 4.74 Å². The fourth-order valence-corrected chi connectivity index (χ4v) is 4.34. The lowest BCUT2D eigenvalue weighted by Crippen LogP contribution is -2.34. The molecule has 1 aliphatic heterocycles. The lowest BCUT2D eigenvalue weighted by molar-refractivity contribution is 0.171. The second-order valence-electron chi connectivity index (χ2n) is 8.91. The Morgan fingerprint density at radius 3 is 2.00 bits per heavy atom. The van der Waals surface area contributed by atoms with Crippen molar-refractivity contribution in [1.82, 2.24) is 4.90 Å². The van der Waals surface area contributed by atoms with Gasteiger partial charge >= 0.3 is 0 Å². The van der Waals surface area contributed by atoms with E-state index in [1.165, 1.54) is 32.4 Å². The van der Waals surface area contributed by atoms with E-state index in [2.05, 4.69) is 11.5 Å². The van der Waals surface area contributed by atoms with Crippen LogP contribution >= 0.6 is 0 Å². The first-order chi connectivity index (χ1) is 15.9. The van der Waals surface area contributed by atoms with Gasteiger partial charge in [-0.05, 0) is 99.5 Å². The Labute approximate surface area is 197 Å². The first kappa shape index (κ1) is 24.5. The summed E-state index contributed by atoms with van der Waals surface area (Å²) in [5, 5.41) is 14.9. The highest BCUT2D eigenvalue weighted by Gasteiger charge is 2.18. The molecule has 6 nitrogen and oxygen atoms in total. The Bertz CT molecular complexity index is 928. The van der Waals surface area contributed by atoms with Gasteiger partial charge in [-0.15, -0.1) is 0 Å². The third-order valence-electron chi connectivity index (χ3n) is 6.45. The Balaban J connectivity index is 1.26. The molecule has 6 heteroatoms. The lowest BCUT2D eigenvalue weighted by atomic mass is 9.92. The van der Waals surface area contributed by atoms with Crippen LogP contribution in [0.5, 0.6) is 5.75 Å². The maximum atomic E-state index is 7.49. The lowest BCUT2D eigenvalue weighted by Gasteiger charge is -2.32. The van der Waals surface area contributed by atoms with Gasteiger partial charge in [0.2, 0.25) is 0 Å². The predicted molar refractivity (Wildman–Crippen MR) is 137 cm³/mol. The molecule has 2 aromatic rings. The van der Waals surface area contributed by atoms with Crippen molar-refractivity contribution in [2.24, 2.45) is 17.4 Å². The van der Waals surface area contributed by atoms with Crippen LogP contribution in [-0.2, 0) is 0 Å². The number of nitrogens with one attached hydrogen (secondary N) is 2. The summed E-state index contributed by atoms with van der Waals surface area (Å²) in [6.45, 7) is 8.45. The van der Waals surface area contributed by atoms with E-state index >= 15 is 0 Å². The van der Waals surface area contributed by atoms with Crippen molar-refractivity contribution >= 4 is 17.2 Å². The van der Waals surface area contributed by atoms with Crippen LogP contribution < -0.4 is 16.2 Å². The number of hydrogen-bond donors (Lipinski definition) is 4. The van der Waals surface area contributed by atoms with Crippen molar-refractivity contribution in [3.8, 4) is 5.75 Å². The number of nitrogens with zero attached hydrogens (tertiary/aromatic N) is 1. The molecule has 2 aromatic carbocycles. The molecule has 176 valence electrons. The quantitative estimate of drug-likeness (QED) is 0.216. The zero-order chi connectivity index (χ0) is 23.6. The summed E-state index contributed by atoms with van der Waals surface area (Å²) < 4.78 is 5.84. The van der Waals surface area contributed by atoms with Gasteiger partial charge in [-0.1, -0.05) is 30.8 Å². The van der Waals surface area contributed by atoms with Crippen molar-refractivity contribution in [1.29, 1.82) is 10.8 Å². The number of piperidine rings is 1. The molecule has 0 spiro atoms. The van der Waals surface area contributed by atoms with E-state index in [4.69, 9.17) is 27.0 Å². The van der Waals surface area contributed by atoms with Crippen molar-refractivity contribution in [3.63, 3.8) is 0 Å². The zero-order valence-corrected chi connectivity index (χ0v) is 19.5. The number of amidine groups is 2. The van der Waals surface area contributed by atoms with Gasteiger partial charge < -0.3 is 21.1 Å². The molecule has 3 rings (SSSR count). The Hall–Kier alpha value is -3.12. The van der Waals surface area contributed by atoms with Gasteiger partial charge in [0.05, 0.1) is 6.61 Å². The van der Waals surface area contributed by atoms with Gasteiger partial charge in [-0.25, -0.2) is 0 Å². The Morgan fingerprint density at radius 2 is 1.42 bits per heavy atom. The monoisotopic (exact) mass is 447 g/mol. The first-order valence-corrected chi connectivity index (χ1v) is 11.8. The largest absolute Gasteiger partial charge is 0.494 e. The smallest absolute Gasteiger partial charge is 0.122 e. The maximum Gasteiger partial charge on any atom is 0.122 e. The average Bonchev–Trinajstić information content (AvgIpc) is 2.83. The molecule has 1 fully saturated rings. The third-order valence-corrected chi connectivity index (χ3v) is 6.45. The number of hydrogen-bond acceptors (Lipinski definition) is 4. The molecule has 1 saturated heterocycles. The number of allylic oxidation sites excluding steroid dienone is 1. The fourth-order valence-electron chi connectivity index (χ4n) is 4.34. The summed E-state index contributed by atoms with van der Waals surface area (Å²) in [4.78, 5) is 2.58. The number of likely N-dealkylation sites (tertiary alicyclic amines) is 1. The van der Waals surface area contributed by atoms with Gasteiger partial charge in [0.25, 0.3) is 0 Å².